The summed E-state index contributed by atoms with van der Waals surface area (Å²) in [7, 11) is 0. The lowest BCUT2D eigenvalue weighted by atomic mass is 10.0. The molecule has 1 aliphatic heterocycles. The fourth-order valence-corrected chi connectivity index (χ4v) is 3.25. The predicted molar refractivity (Wildman–Crippen MR) is 100 cm³/mol. The number of fused-ring (bicyclic) bond motifs is 1. The van der Waals surface area contributed by atoms with Gasteiger partial charge < -0.3 is 15.3 Å². The standard InChI is InChI=1S/C20H18N4O2/c25-20(26)15-8-2-3-9-16(15)23-18-12-19(22-13-21-18)24-11-5-7-14-6-1-4-10-17(14)24/h1-4,6,8-10,12-13H,5,7,11H2,(H,25,26)(H,21,22,23). The monoisotopic (exact) mass is 346 g/mol. The molecule has 2 N–H and O–H groups in total. The maximum Gasteiger partial charge on any atom is 0.337 e. The molecule has 0 amide bonds. The van der Waals surface area contributed by atoms with E-state index in [1.54, 1.807) is 24.3 Å². The van der Waals surface area contributed by atoms with Crippen LogP contribution in [0.25, 0.3) is 0 Å². The molecule has 1 aromatic heterocycles. The average Bonchev–Trinajstić information content (AvgIpc) is 2.68. The normalized spacial score (nSPS) is 13.2. The van der Waals surface area contributed by atoms with E-state index in [0.29, 0.717) is 11.5 Å². The van der Waals surface area contributed by atoms with Gasteiger partial charge in [-0.3, -0.25) is 0 Å². The Kier molecular flexibility index (Phi) is 4.23. The molecule has 0 saturated carbocycles. The van der Waals surface area contributed by atoms with Gasteiger partial charge in [0, 0.05) is 18.3 Å². The van der Waals surface area contributed by atoms with Crippen LogP contribution in [0.3, 0.4) is 0 Å². The molecule has 0 bridgehead atoms. The molecule has 26 heavy (non-hydrogen) atoms. The van der Waals surface area contributed by atoms with E-state index in [-0.39, 0.29) is 5.56 Å². The maximum absolute atomic E-state index is 11.4. The Bertz CT molecular complexity index is 958. The van der Waals surface area contributed by atoms with Crippen molar-refractivity contribution >= 4 is 29.0 Å². The maximum atomic E-state index is 11.4. The van der Waals surface area contributed by atoms with Crippen LogP contribution in [-0.2, 0) is 6.42 Å². The first-order valence-corrected chi connectivity index (χ1v) is 8.49. The molecular weight excluding hydrogens is 328 g/mol. The zero-order chi connectivity index (χ0) is 17.9. The largest absolute Gasteiger partial charge is 0.478 e. The molecule has 2 aromatic carbocycles. The van der Waals surface area contributed by atoms with Crippen LogP contribution in [0.2, 0.25) is 0 Å². The highest BCUT2D eigenvalue weighted by Crippen LogP contribution is 2.33. The zero-order valence-electron chi connectivity index (χ0n) is 14.1. The van der Waals surface area contributed by atoms with E-state index in [9.17, 15) is 9.90 Å². The second kappa shape index (κ2) is 6.84. The number of hydrogen-bond acceptors (Lipinski definition) is 5. The van der Waals surface area contributed by atoms with Crippen LogP contribution in [0.1, 0.15) is 22.3 Å². The molecule has 6 nitrogen and oxygen atoms in total. The van der Waals surface area contributed by atoms with Crippen molar-refractivity contribution in [2.24, 2.45) is 0 Å². The van der Waals surface area contributed by atoms with Crippen LogP contribution in [0.5, 0.6) is 0 Å². The van der Waals surface area contributed by atoms with Crippen LogP contribution >= 0.6 is 0 Å². The number of hydrogen-bond donors (Lipinski definition) is 2. The van der Waals surface area contributed by atoms with Crippen LogP contribution in [0, 0.1) is 0 Å². The third-order valence-electron chi connectivity index (χ3n) is 4.46. The van der Waals surface area contributed by atoms with E-state index in [2.05, 4.69) is 38.4 Å². The first-order valence-electron chi connectivity index (χ1n) is 8.49. The smallest absolute Gasteiger partial charge is 0.337 e. The quantitative estimate of drug-likeness (QED) is 0.743. The number of aryl methyl sites for hydroxylation is 1. The Labute approximate surface area is 151 Å². The highest BCUT2D eigenvalue weighted by atomic mass is 16.4. The third kappa shape index (κ3) is 3.09. The van der Waals surface area contributed by atoms with Crippen LogP contribution < -0.4 is 10.2 Å². The number of carboxylic acid groups (broad SMARTS) is 1. The summed E-state index contributed by atoms with van der Waals surface area (Å²) >= 11 is 0. The molecule has 0 fully saturated rings. The molecule has 0 aliphatic carbocycles. The summed E-state index contributed by atoms with van der Waals surface area (Å²) in [5.41, 5.74) is 3.18. The predicted octanol–water partition coefficient (Wildman–Crippen LogP) is 4.00. The number of para-hydroxylation sites is 2. The number of aromatic nitrogens is 2. The van der Waals surface area contributed by atoms with Gasteiger partial charge in [0.2, 0.25) is 0 Å². The minimum absolute atomic E-state index is 0.205. The van der Waals surface area contributed by atoms with Crippen molar-refractivity contribution in [3.05, 3.63) is 72.1 Å². The summed E-state index contributed by atoms with van der Waals surface area (Å²) in [4.78, 5) is 22.2. The number of carbonyl (C=O) groups is 1. The Morgan fingerprint density at radius 2 is 1.88 bits per heavy atom. The number of rotatable bonds is 4. The lowest BCUT2D eigenvalue weighted by molar-refractivity contribution is 0.0698. The van der Waals surface area contributed by atoms with Gasteiger partial charge in [0.05, 0.1) is 11.3 Å². The second-order valence-electron chi connectivity index (χ2n) is 6.12. The van der Waals surface area contributed by atoms with E-state index in [1.165, 1.54) is 11.9 Å². The Hall–Kier alpha value is -3.41. The third-order valence-corrected chi connectivity index (χ3v) is 4.46. The summed E-state index contributed by atoms with van der Waals surface area (Å²) in [5.74, 6) is 0.376. The second-order valence-corrected chi connectivity index (χ2v) is 6.12. The number of aromatic carboxylic acids is 1. The molecule has 4 rings (SSSR count). The van der Waals surface area contributed by atoms with Crippen molar-refractivity contribution in [1.82, 2.24) is 9.97 Å². The molecular formula is C20H18N4O2. The average molecular weight is 346 g/mol. The van der Waals surface area contributed by atoms with Gasteiger partial charge in [0.1, 0.15) is 18.0 Å². The van der Waals surface area contributed by atoms with Crippen molar-refractivity contribution in [2.45, 2.75) is 12.8 Å². The van der Waals surface area contributed by atoms with Gasteiger partial charge in [-0.15, -0.1) is 0 Å². The van der Waals surface area contributed by atoms with E-state index in [0.717, 1.165) is 30.9 Å². The van der Waals surface area contributed by atoms with Gasteiger partial charge in [0.15, 0.2) is 0 Å². The molecule has 0 unspecified atom stereocenters. The first kappa shape index (κ1) is 16.1. The van der Waals surface area contributed by atoms with Crippen molar-refractivity contribution in [2.75, 3.05) is 16.8 Å². The Morgan fingerprint density at radius 1 is 1.08 bits per heavy atom. The highest BCUT2D eigenvalue weighted by Gasteiger charge is 2.19. The minimum Gasteiger partial charge on any atom is -0.478 e. The topological polar surface area (TPSA) is 78.4 Å². The minimum atomic E-state index is -0.979. The fraction of sp³-hybridized carbons (Fsp3) is 0.150. The first-order chi connectivity index (χ1) is 12.7. The van der Waals surface area contributed by atoms with Crippen LogP contribution in [-0.4, -0.2) is 27.6 Å². The molecule has 0 spiro atoms. The van der Waals surface area contributed by atoms with E-state index >= 15 is 0 Å². The molecule has 2 heterocycles. The zero-order valence-corrected chi connectivity index (χ0v) is 14.1. The van der Waals surface area contributed by atoms with Gasteiger partial charge in [0.25, 0.3) is 0 Å². The number of anilines is 4. The van der Waals surface area contributed by atoms with Gasteiger partial charge in [-0.1, -0.05) is 30.3 Å². The molecule has 0 saturated heterocycles. The number of carboxylic acids is 1. The summed E-state index contributed by atoms with van der Waals surface area (Å²) in [5, 5.41) is 12.4. The summed E-state index contributed by atoms with van der Waals surface area (Å²) < 4.78 is 0. The van der Waals surface area contributed by atoms with Gasteiger partial charge >= 0.3 is 5.97 Å². The molecule has 3 aromatic rings. The van der Waals surface area contributed by atoms with E-state index in [1.807, 2.05) is 12.1 Å². The van der Waals surface area contributed by atoms with Crippen molar-refractivity contribution < 1.29 is 9.90 Å². The SMILES string of the molecule is O=C(O)c1ccccc1Nc1cc(N2CCCc3ccccc32)ncn1. The Morgan fingerprint density at radius 3 is 2.77 bits per heavy atom. The number of benzene rings is 2. The lowest BCUT2D eigenvalue weighted by Crippen LogP contribution is -2.25. The van der Waals surface area contributed by atoms with Crippen molar-refractivity contribution in [1.29, 1.82) is 0 Å². The summed E-state index contributed by atoms with van der Waals surface area (Å²) in [6, 6.07) is 16.9. The molecule has 1 aliphatic rings. The van der Waals surface area contributed by atoms with Crippen LogP contribution in [0.4, 0.5) is 23.0 Å². The summed E-state index contributed by atoms with van der Waals surface area (Å²) in [6.45, 7) is 0.888. The van der Waals surface area contributed by atoms with E-state index in [4.69, 9.17) is 0 Å². The van der Waals surface area contributed by atoms with Crippen molar-refractivity contribution in [3.63, 3.8) is 0 Å². The van der Waals surface area contributed by atoms with Gasteiger partial charge in [-0.2, -0.15) is 0 Å². The van der Waals surface area contributed by atoms with E-state index < -0.39 is 5.97 Å². The molecule has 130 valence electrons. The highest BCUT2D eigenvalue weighted by molar-refractivity contribution is 5.95. The molecule has 0 radical (unpaired) electrons. The number of nitrogens with zero attached hydrogens (tertiary/aromatic N) is 3. The van der Waals surface area contributed by atoms with Crippen molar-refractivity contribution in [3.8, 4) is 0 Å². The van der Waals surface area contributed by atoms with Gasteiger partial charge in [-0.25, -0.2) is 14.8 Å². The number of nitrogens with one attached hydrogen (secondary N) is 1. The summed E-state index contributed by atoms with van der Waals surface area (Å²) in [6.07, 6.45) is 3.62. The van der Waals surface area contributed by atoms with Gasteiger partial charge in [-0.05, 0) is 36.6 Å². The Balaban J connectivity index is 1.66. The molecule has 6 heteroatoms. The van der Waals surface area contributed by atoms with Crippen LogP contribution in [0.15, 0.2) is 60.9 Å². The molecule has 0 atom stereocenters. The fourth-order valence-electron chi connectivity index (χ4n) is 3.25. The lowest BCUT2D eigenvalue weighted by Gasteiger charge is -2.30.